The smallest absolute Gasteiger partial charge is 0.242 e. The lowest BCUT2D eigenvalue weighted by Gasteiger charge is -2.30. The highest BCUT2D eigenvalue weighted by molar-refractivity contribution is 9.10. The predicted octanol–water partition coefficient (Wildman–Crippen LogP) is 6.16. The molecule has 30 heavy (non-hydrogen) atoms. The number of nitrogens with zero attached hydrogens (tertiary/aromatic N) is 3. The number of halogens is 1. The van der Waals surface area contributed by atoms with Crippen molar-refractivity contribution in [3.05, 3.63) is 77.3 Å². The quantitative estimate of drug-likeness (QED) is 0.344. The van der Waals surface area contributed by atoms with Gasteiger partial charge in [0.1, 0.15) is 0 Å². The van der Waals surface area contributed by atoms with Gasteiger partial charge >= 0.3 is 0 Å². The van der Waals surface area contributed by atoms with E-state index in [4.69, 9.17) is 0 Å². The van der Waals surface area contributed by atoms with E-state index in [1.165, 1.54) is 11.8 Å². The molecule has 0 atom stereocenters. The van der Waals surface area contributed by atoms with Crippen LogP contribution in [0.4, 0.5) is 11.4 Å². The number of carbonyl (C=O) groups is 1. The van der Waals surface area contributed by atoms with Crippen molar-refractivity contribution < 1.29 is 4.79 Å². The Morgan fingerprint density at radius 3 is 2.27 bits per heavy atom. The SMILES string of the molecule is O=C(CSc1n[nH]c(-c2ccc(Br)cc2)n1)N1c2ccccc2Sc2ccccc21. The molecule has 0 fully saturated rings. The van der Waals surface area contributed by atoms with E-state index in [1.807, 2.05) is 72.8 Å². The number of rotatable bonds is 4. The molecule has 0 saturated carbocycles. The molecule has 1 aliphatic rings. The van der Waals surface area contributed by atoms with Crippen molar-refractivity contribution in [2.24, 2.45) is 0 Å². The van der Waals surface area contributed by atoms with Crippen LogP contribution in [0.1, 0.15) is 0 Å². The second-order valence-electron chi connectivity index (χ2n) is 6.53. The monoisotopic (exact) mass is 494 g/mol. The minimum atomic E-state index is -0.00445. The third-order valence-corrected chi connectivity index (χ3v) is 7.08. The van der Waals surface area contributed by atoms with E-state index in [0.717, 1.165) is 31.2 Å². The average Bonchev–Trinajstić information content (AvgIpc) is 3.25. The summed E-state index contributed by atoms with van der Waals surface area (Å²) in [4.78, 5) is 21.7. The summed E-state index contributed by atoms with van der Waals surface area (Å²) in [5, 5.41) is 7.76. The van der Waals surface area contributed by atoms with Crippen LogP contribution in [0.25, 0.3) is 11.4 Å². The van der Waals surface area contributed by atoms with Crippen molar-refractivity contribution in [2.75, 3.05) is 10.7 Å². The third kappa shape index (κ3) is 3.78. The number of H-pyrrole nitrogens is 1. The second kappa shape index (κ2) is 8.29. The number of fused-ring (bicyclic) bond motifs is 2. The van der Waals surface area contributed by atoms with Crippen molar-refractivity contribution in [3.8, 4) is 11.4 Å². The first-order valence-corrected chi connectivity index (χ1v) is 11.8. The highest BCUT2D eigenvalue weighted by Gasteiger charge is 2.28. The van der Waals surface area contributed by atoms with Crippen molar-refractivity contribution in [2.45, 2.75) is 14.9 Å². The summed E-state index contributed by atoms with van der Waals surface area (Å²) in [5.74, 6) is 0.919. The van der Waals surface area contributed by atoms with Gasteiger partial charge in [0.25, 0.3) is 0 Å². The van der Waals surface area contributed by atoms with Gasteiger partial charge in [-0.1, -0.05) is 75.9 Å². The molecule has 5 nitrogen and oxygen atoms in total. The number of anilines is 2. The molecule has 0 saturated heterocycles. The molecule has 2 heterocycles. The molecule has 0 aliphatic carbocycles. The Bertz CT molecular complexity index is 1180. The zero-order valence-electron chi connectivity index (χ0n) is 15.6. The van der Waals surface area contributed by atoms with Gasteiger partial charge in [-0.2, -0.15) is 0 Å². The molecule has 8 heteroatoms. The summed E-state index contributed by atoms with van der Waals surface area (Å²) in [7, 11) is 0. The Balaban J connectivity index is 1.36. The molecule has 4 aromatic rings. The minimum Gasteiger partial charge on any atom is -0.278 e. The van der Waals surface area contributed by atoms with Gasteiger partial charge in [0.15, 0.2) is 5.82 Å². The summed E-state index contributed by atoms with van der Waals surface area (Å²) in [6.07, 6.45) is 0. The second-order valence-corrected chi connectivity index (χ2v) is 9.47. The van der Waals surface area contributed by atoms with E-state index >= 15 is 0 Å². The Morgan fingerprint density at radius 2 is 1.60 bits per heavy atom. The largest absolute Gasteiger partial charge is 0.278 e. The highest BCUT2D eigenvalue weighted by Crippen LogP contribution is 2.48. The number of thioether (sulfide) groups is 1. The molecule has 0 spiro atoms. The van der Waals surface area contributed by atoms with Crippen LogP contribution in [-0.2, 0) is 4.79 Å². The maximum atomic E-state index is 13.2. The Morgan fingerprint density at radius 1 is 0.967 bits per heavy atom. The lowest BCUT2D eigenvalue weighted by Crippen LogP contribution is -2.30. The topological polar surface area (TPSA) is 61.9 Å². The molecule has 0 bridgehead atoms. The lowest BCUT2D eigenvalue weighted by atomic mass is 10.2. The molecule has 1 N–H and O–H groups in total. The van der Waals surface area contributed by atoms with Crippen LogP contribution in [0.3, 0.4) is 0 Å². The fourth-order valence-electron chi connectivity index (χ4n) is 3.21. The number of aromatic amines is 1. The maximum absolute atomic E-state index is 13.2. The fourth-order valence-corrected chi connectivity index (χ4v) is 5.18. The summed E-state index contributed by atoms with van der Waals surface area (Å²) in [6, 6.07) is 23.8. The van der Waals surface area contributed by atoms with Crippen LogP contribution in [0.2, 0.25) is 0 Å². The van der Waals surface area contributed by atoms with Crippen LogP contribution in [0.15, 0.2) is 92.2 Å². The molecular weight excluding hydrogens is 480 g/mol. The Hall–Kier alpha value is -2.55. The van der Waals surface area contributed by atoms with E-state index in [1.54, 1.807) is 16.7 Å². The van der Waals surface area contributed by atoms with Crippen LogP contribution in [-0.4, -0.2) is 26.8 Å². The zero-order chi connectivity index (χ0) is 20.5. The molecule has 1 aromatic heterocycles. The molecule has 148 valence electrons. The first-order valence-electron chi connectivity index (χ1n) is 9.19. The fraction of sp³-hybridized carbons (Fsp3) is 0.0455. The van der Waals surface area contributed by atoms with Gasteiger partial charge in [0.2, 0.25) is 11.1 Å². The summed E-state index contributed by atoms with van der Waals surface area (Å²) in [5.41, 5.74) is 2.77. The van der Waals surface area contributed by atoms with E-state index in [-0.39, 0.29) is 11.7 Å². The number of carbonyl (C=O) groups excluding carboxylic acids is 1. The van der Waals surface area contributed by atoms with E-state index in [9.17, 15) is 4.79 Å². The molecular formula is C22H15BrN4OS2. The zero-order valence-corrected chi connectivity index (χ0v) is 18.8. The van der Waals surface area contributed by atoms with Gasteiger partial charge in [-0.25, -0.2) is 4.98 Å². The first-order chi connectivity index (χ1) is 14.7. The number of benzene rings is 3. The average molecular weight is 495 g/mol. The third-order valence-electron chi connectivity index (χ3n) is 4.59. The number of para-hydroxylation sites is 2. The predicted molar refractivity (Wildman–Crippen MR) is 124 cm³/mol. The number of nitrogens with one attached hydrogen (secondary N) is 1. The van der Waals surface area contributed by atoms with Crippen LogP contribution in [0.5, 0.6) is 0 Å². The van der Waals surface area contributed by atoms with E-state index in [0.29, 0.717) is 11.0 Å². The lowest BCUT2D eigenvalue weighted by molar-refractivity contribution is -0.115. The Kier molecular flexibility index (Phi) is 5.37. The van der Waals surface area contributed by atoms with Gasteiger partial charge in [0.05, 0.1) is 17.1 Å². The van der Waals surface area contributed by atoms with Crippen molar-refractivity contribution in [1.82, 2.24) is 15.2 Å². The van der Waals surface area contributed by atoms with Gasteiger partial charge < -0.3 is 0 Å². The van der Waals surface area contributed by atoms with Crippen LogP contribution in [0, 0.1) is 0 Å². The number of aromatic nitrogens is 3. The van der Waals surface area contributed by atoms with Gasteiger partial charge in [-0.3, -0.25) is 14.8 Å². The number of hydrogen-bond donors (Lipinski definition) is 1. The molecule has 0 unspecified atom stereocenters. The van der Waals surface area contributed by atoms with E-state index < -0.39 is 0 Å². The van der Waals surface area contributed by atoms with Crippen molar-refractivity contribution in [3.63, 3.8) is 0 Å². The minimum absolute atomic E-state index is 0.00445. The molecule has 0 radical (unpaired) electrons. The van der Waals surface area contributed by atoms with Gasteiger partial charge in [-0.05, 0) is 36.4 Å². The summed E-state index contributed by atoms with van der Waals surface area (Å²) < 4.78 is 1.01. The standard InChI is InChI=1S/C22H15BrN4OS2/c23-15-11-9-14(10-12-15)21-24-22(26-25-21)29-13-20(28)27-16-5-1-3-7-18(16)30-19-8-4-2-6-17(19)27/h1-12H,13H2,(H,24,25,26). The first kappa shape index (κ1) is 19.4. The summed E-state index contributed by atoms with van der Waals surface area (Å²) >= 11 is 6.45. The normalized spacial score (nSPS) is 12.4. The summed E-state index contributed by atoms with van der Waals surface area (Å²) in [6.45, 7) is 0. The van der Waals surface area contributed by atoms with Crippen LogP contribution >= 0.6 is 39.5 Å². The van der Waals surface area contributed by atoms with Crippen molar-refractivity contribution >= 4 is 56.7 Å². The van der Waals surface area contributed by atoms with Crippen LogP contribution < -0.4 is 4.90 Å². The Labute approximate surface area is 190 Å². The van der Waals surface area contributed by atoms with Gasteiger partial charge in [-0.15, -0.1) is 5.10 Å². The number of amides is 1. The molecule has 3 aromatic carbocycles. The van der Waals surface area contributed by atoms with E-state index in [2.05, 4.69) is 31.1 Å². The molecule has 1 amide bonds. The highest BCUT2D eigenvalue weighted by atomic mass is 79.9. The van der Waals surface area contributed by atoms with Gasteiger partial charge in [0, 0.05) is 19.8 Å². The van der Waals surface area contributed by atoms with Crippen molar-refractivity contribution in [1.29, 1.82) is 0 Å². The maximum Gasteiger partial charge on any atom is 0.242 e. The number of hydrogen-bond acceptors (Lipinski definition) is 5. The molecule has 1 aliphatic heterocycles. The molecule has 5 rings (SSSR count).